The molecule has 0 amide bonds. The average Bonchev–Trinajstić information content (AvgIpc) is 1.83. The van der Waals surface area contributed by atoms with E-state index in [-0.39, 0.29) is 10.5 Å². The van der Waals surface area contributed by atoms with Crippen LogP contribution >= 0.6 is 0 Å². The molecule has 1 atom stereocenters. The maximum atomic E-state index is 10.9. The van der Waals surface area contributed by atoms with Crippen LogP contribution in [0.3, 0.4) is 0 Å². The van der Waals surface area contributed by atoms with Gasteiger partial charge in [-0.05, 0) is 5.92 Å². The molecule has 0 radical (unpaired) electrons. The minimum atomic E-state index is -4.33. The molecule has 1 N–H and O–H groups in total. The normalized spacial score (nSPS) is 14.7. The van der Waals surface area contributed by atoms with E-state index in [0.29, 0.717) is 0 Å². The number of hydrogen-bond acceptors (Lipinski definition) is 4. The second kappa shape index (κ2) is 4.01. The second-order valence-electron chi connectivity index (χ2n) is 2.70. The number of hydrogen-bond donors (Lipinski definition) is 1. The predicted octanol–water partition coefficient (Wildman–Crippen LogP) is -1.28. The summed E-state index contributed by atoms with van der Waals surface area (Å²) in [4.78, 5) is 10.9. The van der Waals surface area contributed by atoms with Gasteiger partial charge in [-0.1, -0.05) is 13.8 Å². The van der Waals surface area contributed by atoms with Gasteiger partial charge in [0.1, 0.15) is 0 Å². The standard InChI is InChI=1S/C5H12O5SSi/c1-3(2)4(5(6)10-12)11(7,8)9/h3-4H,1-2,12H3,(H,7,8,9). The molecule has 0 aliphatic rings. The van der Waals surface area contributed by atoms with Crippen LogP contribution in [-0.2, 0) is 19.3 Å². The highest BCUT2D eigenvalue weighted by Gasteiger charge is 2.34. The molecule has 7 heteroatoms. The van der Waals surface area contributed by atoms with Gasteiger partial charge in [-0.15, -0.1) is 0 Å². The van der Waals surface area contributed by atoms with Gasteiger partial charge in [0.15, 0.2) is 5.25 Å². The molecule has 0 aliphatic carbocycles. The molecule has 0 saturated heterocycles. The largest absolute Gasteiger partial charge is 0.528 e. The monoisotopic (exact) mass is 212 g/mol. The van der Waals surface area contributed by atoms with Crippen LogP contribution in [0.2, 0.25) is 0 Å². The Morgan fingerprint density at radius 1 is 1.50 bits per heavy atom. The van der Waals surface area contributed by atoms with E-state index in [4.69, 9.17) is 4.55 Å². The fourth-order valence-corrected chi connectivity index (χ4v) is 2.31. The lowest BCUT2D eigenvalue weighted by Gasteiger charge is -2.14. The first-order chi connectivity index (χ1) is 5.30. The van der Waals surface area contributed by atoms with E-state index in [2.05, 4.69) is 4.43 Å². The van der Waals surface area contributed by atoms with E-state index in [1.54, 1.807) is 0 Å². The summed E-state index contributed by atoms with van der Waals surface area (Å²) in [5.41, 5.74) is 0. The van der Waals surface area contributed by atoms with Crippen molar-refractivity contribution in [3.05, 3.63) is 0 Å². The van der Waals surface area contributed by atoms with Crippen molar-refractivity contribution in [2.45, 2.75) is 19.1 Å². The average molecular weight is 212 g/mol. The Labute approximate surface area is 74.4 Å². The highest BCUT2D eigenvalue weighted by Crippen LogP contribution is 2.12. The Kier molecular flexibility index (Phi) is 3.88. The van der Waals surface area contributed by atoms with Crippen molar-refractivity contribution in [2.75, 3.05) is 0 Å². The van der Waals surface area contributed by atoms with Crippen LogP contribution < -0.4 is 0 Å². The molecule has 0 spiro atoms. The molecule has 72 valence electrons. The molecule has 5 nitrogen and oxygen atoms in total. The smallest absolute Gasteiger partial charge is 0.313 e. The third-order valence-corrected chi connectivity index (χ3v) is 3.14. The number of carbonyl (C=O) groups is 1. The van der Waals surface area contributed by atoms with Crippen molar-refractivity contribution in [3.8, 4) is 0 Å². The second-order valence-corrected chi connectivity index (χ2v) is 4.65. The summed E-state index contributed by atoms with van der Waals surface area (Å²) in [5.74, 6) is -1.36. The summed E-state index contributed by atoms with van der Waals surface area (Å²) in [5, 5.41) is -1.45. The zero-order valence-corrected chi connectivity index (χ0v) is 9.96. The summed E-state index contributed by atoms with van der Waals surface area (Å²) < 4.78 is 34.3. The van der Waals surface area contributed by atoms with Crippen LogP contribution in [0, 0.1) is 5.92 Å². The third kappa shape index (κ3) is 2.92. The van der Waals surface area contributed by atoms with Gasteiger partial charge >= 0.3 is 5.97 Å². The fourth-order valence-electron chi connectivity index (χ4n) is 0.854. The summed E-state index contributed by atoms with van der Waals surface area (Å²) >= 11 is 0. The van der Waals surface area contributed by atoms with Crippen molar-refractivity contribution in [1.29, 1.82) is 0 Å². The van der Waals surface area contributed by atoms with Crippen molar-refractivity contribution >= 4 is 26.6 Å². The maximum Gasteiger partial charge on any atom is 0.313 e. The Morgan fingerprint density at radius 3 is 2.00 bits per heavy atom. The summed E-state index contributed by atoms with van der Waals surface area (Å²) in [6.07, 6.45) is 0. The Balaban J connectivity index is 4.82. The van der Waals surface area contributed by atoms with E-state index >= 15 is 0 Å². The molecule has 0 heterocycles. The van der Waals surface area contributed by atoms with Gasteiger partial charge in [0.25, 0.3) is 10.1 Å². The van der Waals surface area contributed by atoms with Crippen LogP contribution in [0.1, 0.15) is 13.8 Å². The first kappa shape index (κ1) is 11.6. The molecule has 0 aromatic carbocycles. The molecule has 0 aromatic heterocycles. The van der Waals surface area contributed by atoms with Crippen molar-refractivity contribution in [3.63, 3.8) is 0 Å². The van der Waals surface area contributed by atoms with E-state index < -0.39 is 27.3 Å². The highest BCUT2D eigenvalue weighted by atomic mass is 32.2. The van der Waals surface area contributed by atoms with Crippen LogP contribution in [0.5, 0.6) is 0 Å². The van der Waals surface area contributed by atoms with Crippen LogP contribution in [0.25, 0.3) is 0 Å². The van der Waals surface area contributed by atoms with Crippen LogP contribution in [0.15, 0.2) is 0 Å². The van der Waals surface area contributed by atoms with Gasteiger partial charge < -0.3 is 4.43 Å². The zero-order valence-electron chi connectivity index (χ0n) is 7.14. The molecule has 0 aromatic rings. The zero-order chi connectivity index (χ0) is 9.94. The number of rotatable bonds is 3. The van der Waals surface area contributed by atoms with E-state index in [1.165, 1.54) is 13.8 Å². The molecule has 1 unspecified atom stereocenters. The minimum Gasteiger partial charge on any atom is -0.528 e. The van der Waals surface area contributed by atoms with Gasteiger partial charge in [0, 0.05) is 0 Å². The fraction of sp³-hybridized carbons (Fsp3) is 0.800. The molecule has 0 bridgehead atoms. The molecule has 0 fully saturated rings. The van der Waals surface area contributed by atoms with Crippen molar-refractivity contribution < 1.29 is 22.2 Å². The van der Waals surface area contributed by atoms with Gasteiger partial charge in [0.05, 0.1) is 0 Å². The molecule has 0 aliphatic heterocycles. The molecule has 0 rings (SSSR count). The lowest BCUT2D eigenvalue weighted by Crippen LogP contribution is -2.35. The molecular formula is C5H12O5SSi. The maximum absolute atomic E-state index is 10.9. The molecule has 0 saturated carbocycles. The highest BCUT2D eigenvalue weighted by molar-refractivity contribution is 7.87. The summed E-state index contributed by atoms with van der Waals surface area (Å²) in [6.45, 7) is 3.05. The number of carbonyl (C=O) groups excluding carboxylic acids is 1. The summed E-state index contributed by atoms with van der Waals surface area (Å²) in [6, 6.07) is 0. The van der Waals surface area contributed by atoms with Gasteiger partial charge in [-0.25, -0.2) is 0 Å². The van der Waals surface area contributed by atoms with Gasteiger partial charge in [0.2, 0.25) is 10.5 Å². The van der Waals surface area contributed by atoms with Crippen LogP contribution in [0.4, 0.5) is 0 Å². The third-order valence-electron chi connectivity index (χ3n) is 1.36. The van der Waals surface area contributed by atoms with E-state index in [1.807, 2.05) is 0 Å². The SMILES string of the molecule is CC(C)C(C(=O)O[SiH3])S(=O)(=O)O. The van der Waals surface area contributed by atoms with Crippen molar-refractivity contribution in [1.82, 2.24) is 0 Å². The van der Waals surface area contributed by atoms with Crippen molar-refractivity contribution in [2.24, 2.45) is 5.92 Å². The molecular weight excluding hydrogens is 200 g/mol. The summed E-state index contributed by atoms with van der Waals surface area (Å²) in [7, 11) is -4.20. The first-order valence-corrected chi connectivity index (χ1v) is 5.66. The Hall–Kier alpha value is -0.403. The Morgan fingerprint density at radius 2 is 1.92 bits per heavy atom. The topological polar surface area (TPSA) is 80.7 Å². The predicted molar refractivity (Wildman–Crippen MR) is 46.2 cm³/mol. The lowest BCUT2D eigenvalue weighted by atomic mass is 10.1. The van der Waals surface area contributed by atoms with Crippen LogP contribution in [-0.4, -0.2) is 34.7 Å². The van der Waals surface area contributed by atoms with Gasteiger partial charge in [-0.2, -0.15) is 8.42 Å². The Bertz CT molecular complexity index is 257. The first-order valence-electron chi connectivity index (χ1n) is 3.34. The minimum absolute atomic E-state index is 0.125. The molecule has 12 heavy (non-hydrogen) atoms. The van der Waals surface area contributed by atoms with Gasteiger partial charge in [-0.3, -0.25) is 9.35 Å². The lowest BCUT2D eigenvalue weighted by molar-refractivity contribution is -0.134. The van der Waals surface area contributed by atoms with E-state index in [0.717, 1.165) is 0 Å². The van der Waals surface area contributed by atoms with E-state index in [9.17, 15) is 13.2 Å². The quantitative estimate of drug-likeness (QED) is 0.465.